The molecule has 0 aliphatic heterocycles. The first-order chi connectivity index (χ1) is 16.2. The van der Waals surface area contributed by atoms with Crippen LogP contribution >= 0.6 is 35.0 Å². The Hall–Kier alpha value is -3.41. The number of carboxylic acid groups (broad SMARTS) is 2. The molecule has 3 rings (SSSR count). The first-order valence-electron chi connectivity index (χ1n) is 9.52. The van der Waals surface area contributed by atoms with Gasteiger partial charge in [-0.05, 0) is 24.0 Å². The third kappa shape index (κ3) is 6.13. The van der Waals surface area contributed by atoms with E-state index >= 15 is 0 Å². The number of rotatable bonds is 9. The molecule has 0 spiro atoms. The van der Waals surface area contributed by atoms with Crippen molar-refractivity contribution in [2.24, 2.45) is 0 Å². The molecule has 0 radical (unpaired) electrons. The molecule has 1 aromatic carbocycles. The lowest BCUT2D eigenvalue weighted by molar-refractivity contribution is -0.137. The van der Waals surface area contributed by atoms with Crippen molar-refractivity contribution in [2.45, 2.75) is 17.6 Å². The van der Waals surface area contributed by atoms with E-state index in [4.69, 9.17) is 23.2 Å². The predicted molar refractivity (Wildman–Crippen MR) is 128 cm³/mol. The van der Waals surface area contributed by atoms with E-state index in [2.05, 4.69) is 25.6 Å². The van der Waals surface area contributed by atoms with Crippen LogP contribution in [0.4, 0.5) is 11.5 Å². The molecule has 34 heavy (non-hydrogen) atoms. The zero-order valence-electron chi connectivity index (χ0n) is 17.5. The Kier molecular flexibility index (Phi) is 8.26. The monoisotopic (exact) mass is 521 g/mol. The first-order valence-corrected chi connectivity index (χ1v) is 11.5. The smallest absolute Gasteiger partial charge is 0.341 e. The standard InChI is InChI=1S/C21H17Cl2N5O5S/c1-34-21-25-7-12(19(30)31)17(28-21)27-15(20(32)33)6-10-2-4-11(5-3-10)26-18(29)16-13(22)8-24-9-14(16)23/h2-5,7-9,15H,6H2,1H3,(H,26,29)(H,30,31)(H,32,33)(H,25,27,28)/t15-/m0/s1. The van der Waals surface area contributed by atoms with E-state index in [9.17, 15) is 24.6 Å². The zero-order valence-corrected chi connectivity index (χ0v) is 19.8. The number of hydrogen-bond donors (Lipinski definition) is 4. The minimum atomic E-state index is -1.28. The summed E-state index contributed by atoms with van der Waals surface area (Å²) in [7, 11) is 0. The van der Waals surface area contributed by atoms with Crippen molar-refractivity contribution >= 4 is 64.3 Å². The minimum Gasteiger partial charge on any atom is -0.480 e. The van der Waals surface area contributed by atoms with Crippen molar-refractivity contribution in [1.82, 2.24) is 15.0 Å². The molecule has 0 bridgehead atoms. The van der Waals surface area contributed by atoms with E-state index in [0.29, 0.717) is 16.4 Å². The maximum Gasteiger partial charge on any atom is 0.341 e. The number of pyridine rings is 1. The molecular weight excluding hydrogens is 505 g/mol. The van der Waals surface area contributed by atoms with E-state index in [1.54, 1.807) is 30.5 Å². The normalized spacial score (nSPS) is 11.5. The number of thioether (sulfide) groups is 1. The van der Waals surface area contributed by atoms with Crippen LogP contribution in [0.1, 0.15) is 26.3 Å². The number of halogens is 2. The third-order valence-corrected chi connectivity index (χ3v) is 5.66. The second-order valence-electron chi connectivity index (χ2n) is 6.79. The lowest BCUT2D eigenvalue weighted by atomic mass is 10.1. The highest BCUT2D eigenvalue weighted by atomic mass is 35.5. The maximum absolute atomic E-state index is 12.5. The number of anilines is 2. The van der Waals surface area contributed by atoms with Crippen molar-refractivity contribution < 1.29 is 24.6 Å². The van der Waals surface area contributed by atoms with E-state index in [-0.39, 0.29) is 33.4 Å². The van der Waals surface area contributed by atoms with Crippen LogP contribution in [0, 0.1) is 0 Å². The Balaban J connectivity index is 1.75. The molecule has 4 N–H and O–H groups in total. The molecule has 1 amide bonds. The number of benzene rings is 1. The lowest BCUT2D eigenvalue weighted by Crippen LogP contribution is -2.32. The maximum atomic E-state index is 12.5. The summed E-state index contributed by atoms with van der Waals surface area (Å²) in [5.74, 6) is -3.09. The van der Waals surface area contributed by atoms with Crippen molar-refractivity contribution in [3.05, 3.63) is 69.6 Å². The number of carboxylic acids is 2. The number of nitrogens with zero attached hydrogens (tertiary/aromatic N) is 3. The van der Waals surface area contributed by atoms with E-state index in [1.165, 1.54) is 24.2 Å². The summed E-state index contributed by atoms with van der Waals surface area (Å²) in [6.07, 6.45) is 5.47. The van der Waals surface area contributed by atoms with Gasteiger partial charge in [-0.15, -0.1) is 0 Å². The summed E-state index contributed by atoms with van der Waals surface area (Å²) < 4.78 is 0. The highest BCUT2D eigenvalue weighted by Gasteiger charge is 2.23. The molecular formula is C21H17Cl2N5O5S. The van der Waals surface area contributed by atoms with Gasteiger partial charge in [0.1, 0.15) is 17.4 Å². The molecule has 0 unspecified atom stereocenters. The van der Waals surface area contributed by atoms with Gasteiger partial charge in [-0.3, -0.25) is 9.78 Å². The summed E-state index contributed by atoms with van der Waals surface area (Å²) in [5.41, 5.74) is 0.900. The average molecular weight is 522 g/mol. The Bertz CT molecular complexity index is 1220. The third-order valence-electron chi connectivity index (χ3n) is 4.52. The van der Waals surface area contributed by atoms with Gasteiger partial charge in [0.15, 0.2) is 5.16 Å². The van der Waals surface area contributed by atoms with Gasteiger partial charge in [0.05, 0.1) is 15.6 Å². The number of carbonyl (C=O) groups excluding carboxylic acids is 1. The SMILES string of the molecule is CSc1ncc(C(=O)O)c(N[C@@H](Cc2ccc(NC(=O)c3c(Cl)cncc3Cl)cc2)C(=O)O)n1. The molecule has 1 atom stereocenters. The summed E-state index contributed by atoms with van der Waals surface area (Å²) in [4.78, 5) is 47.6. The van der Waals surface area contributed by atoms with Crippen LogP contribution in [0.15, 0.2) is 48.0 Å². The average Bonchev–Trinajstić information content (AvgIpc) is 2.79. The fourth-order valence-corrected chi connectivity index (χ4v) is 3.75. The quantitative estimate of drug-likeness (QED) is 0.240. The Morgan fingerprint density at radius 1 is 1.06 bits per heavy atom. The number of aromatic carboxylic acids is 1. The number of nitrogens with one attached hydrogen (secondary N) is 2. The molecule has 0 saturated heterocycles. The number of aliphatic carboxylic acids is 1. The summed E-state index contributed by atoms with van der Waals surface area (Å²) >= 11 is 13.2. The van der Waals surface area contributed by atoms with Gasteiger partial charge in [-0.25, -0.2) is 19.6 Å². The van der Waals surface area contributed by atoms with Crippen LogP contribution in [0.25, 0.3) is 0 Å². The number of aromatic nitrogens is 3. The largest absolute Gasteiger partial charge is 0.480 e. The van der Waals surface area contributed by atoms with Gasteiger partial charge in [-0.1, -0.05) is 47.1 Å². The fraction of sp³-hybridized carbons (Fsp3) is 0.143. The van der Waals surface area contributed by atoms with E-state index in [0.717, 1.165) is 6.20 Å². The fourth-order valence-electron chi connectivity index (χ4n) is 2.88. The van der Waals surface area contributed by atoms with E-state index < -0.39 is 23.9 Å². The Morgan fingerprint density at radius 3 is 2.26 bits per heavy atom. The van der Waals surface area contributed by atoms with Crippen LogP contribution in [0.3, 0.4) is 0 Å². The summed E-state index contributed by atoms with van der Waals surface area (Å²) in [6.45, 7) is 0. The Morgan fingerprint density at radius 2 is 1.71 bits per heavy atom. The number of amides is 1. The number of hydrogen-bond acceptors (Lipinski definition) is 8. The van der Waals surface area contributed by atoms with Gasteiger partial charge in [0, 0.05) is 30.7 Å². The van der Waals surface area contributed by atoms with Crippen molar-refractivity contribution in [1.29, 1.82) is 0 Å². The van der Waals surface area contributed by atoms with Crippen LogP contribution < -0.4 is 10.6 Å². The molecule has 176 valence electrons. The molecule has 0 fully saturated rings. The molecule has 0 saturated carbocycles. The molecule has 13 heteroatoms. The predicted octanol–water partition coefficient (Wildman–Crippen LogP) is 3.96. The zero-order chi connectivity index (χ0) is 24.8. The van der Waals surface area contributed by atoms with Crippen LogP contribution in [0.2, 0.25) is 10.0 Å². The van der Waals surface area contributed by atoms with Gasteiger partial charge >= 0.3 is 11.9 Å². The molecule has 0 aliphatic carbocycles. The molecule has 0 aliphatic rings. The number of carbonyl (C=O) groups is 3. The highest BCUT2D eigenvalue weighted by Crippen LogP contribution is 2.24. The van der Waals surface area contributed by atoms with Gasteiger partial charge in [-0.2, -0.15) is 0 Å². The van der Waals surface area contributed by atoms with Crippen molar-refractivity contribution in [3.8, 4) is 0 Å². The second kappa shape index (κ2) is 11.1. The topological polar surface area (TPSA) is 154 Å². The summed E-state index contributed by atoms with van der Waals surface area (Å²) in [5, 5.41) is 24.9. The van der Waals surface area contributed by atoms with E-state index in [1.807, 2.05) is 0 Å². The van der Waals surface area contributed by atoms with Crippen LogP contribution in [0.5, 0.6) is 0 Å². The van der Waals surface area contributed by atoms with Crippen molar-refractivity contribution in [2.75, 3.05) is 16.9 Å². The second-order valence-corrected chi connectivity index (χ2v) is 8.38. The molecule has 10 nitrogen and oxygen atoms in total. The van der Waals surface area contributed by atoms with Gasteiger partial charge < -0.3 is 20.8 Å². The van der Waals surface area contributed by atoms with Crippen LogP contribution in [-0.2, 0) is 11.2 Å². The highest BCUT2D eigenvalue weighted by molar-refractivity contribution is 7.98. The minimum absolute atomic E-state index is 0.0171. The molecule has 2 aromatic heterocycles. The van der Waals surface area contributed by atoms with Gasteiger partial charge in [0.25, 0.3) is 5.91 Å². The molecule has 3 aromatic rings. The Labute approximate surface area is 207 Å². The van der Waals surface area contributed by atoms with Gasteiger partial charge in [0.2, 0.25) is 0 Å². The van der Waals surface area contributed by atoms with Crippen LogP contribution in [-0.4, -0.2) is 55.3 Å². The molecule has 2 heterocycles. The first kappa shape index (κ1) is 25.2. The lowest BCUT2D eigenvalue weighted by Gasteiger charge is -2.17. The summed E-state index contributed by atoms with van der Waals surface area (Å²) in [6, 6.07) is 5.28. The van der Waals surface area contributed by atoms with Crippen molar-refractivity contribution in [3.63, 3.8) is 0 Å².